The van der Waals surface area contributed by atoms with Crippen LogP contribution in [0.2, 0.25) is 0 Å². The van der Waals surface area contributed by atoms with Crippen molar-refractivity contribution in [2.45, 2.75) is 39.2 Å². The van der Waals surface area contributed by atoms with Gasteiger partial charge in [0.1, 0.15) is 0 Å². The Bertz CT molecular complexity index is 297. The summed E-state index contributed by atoms with van der Waals surface area (Å²) >= 11 is 0. The smallest absolute Gasteiger partial charge is 0.341 e. The number of morpholine rings is 1. The maximum absolute atomic E-state index is 12.1. The van der Waals surface area contributed by atoms with Crippen molar-refractivity contribution in [3.8, 4) is 0 Å². The lowest BCUT2D eigenvalue weighted by Crippen LogP contribution is -2.46. The maximum Gasteiger partial charge on any atom is 0.341 e. The van der Waals surface area contributed by atoms with E-state index in [1.165, 1.54) is 5.06 Å². The molecule has 0 aromatic heterocycles. The van der Waals surface area contributed by atoms with Crippen molar-refractivity contribution in [3.05, 3.63) is 0 Å². The SMILES string of the molecule is CC(C)N(OCCN1CCOCC1)C(=O)NCCCCCN. The first-order chi connectivity index (χ1) is 10.6. The average molecular weight is 316 g/mol. The number of urea groups is 1. The highest BCUT2D eigenvalue weighted by atomic mass is 16.7. The van der Waals surface area contributed by atoms with Crippen molar-refractivity contribution >= 4 is 6.03 Å². The Morgan fingerprint density at radius 2 is 2.05 bits per heavy atom. The molecule has 0 aromatic carbocycles. The number of carbonyl (C=O) groups is 1. The van der Waals surface area contributed by atoms with Gasteiger partial charge in [0.2, 0.25) is 0 Å². The minimum absolute atomic E-state index is 0.00808. The van der Waals surface area contributed by atoms with E-state index in [1.54, 1.807) is 0 Å². The van der Waals surface area contributed by atoms with Gasteiger partial charge in [-0.3, -0.25) is 9.74 Å². The number of hydrogen-bond donors (Lipinski definition) is 2. The van der Waals surface area contributed by atoms with Crippen molar-refractivity contribution in [1.82, 2.24) is 15.3 Å². The van der Waals surface area contributed by atoms with Crippen molar-refractivity contribution < 1.29 is 14.4 Å². The monoisotopic (exact) mass is 316 g/mol. The molecular weight excluding hydrogens is 284 g/mol. The largest absolute Gasteiger partial charge is 0.379 e. The number of hydrogen-bond acceptors (Lipinski definition) is 5. The summed E-state index contributed by atoms with van der Waals surface area (Å²) in [6, 6.07) is -0.154. The van der Waals surface area contributed by atoms with Gasteiger partial charge in [0, 0.05) is 26.2 Å². The first kappa shape index (κ1) is 19.2. The molecule has 0 saturated carbocycles. The highest BCUT2D eigenvalue weighted by molar-refractivity contribution is 5.73. The van der Waals surface area contributed by atoms with Gasteiger partial charge in [-0.15, -0.1) is 0 Å². The van der Waals surface area contributed by atoms with Gasteiger partial charge in [-0.25, -0.2) is 9.86 Å². The third kappa shape index (κ3) is 7.93. The molecule has 7 heteroatoms. The fourth-order valence-electron chi connectivity index (χ4n) is 2.25. The molecule has 3 N–H and O–H groups in total. The number of amides is 2. The van der Waals surface area contributed by atoms with Gasteiger partial charge in [-0.2, -0.15) is 0 Å². The quantitative estimate of drug-likeness (QED) is 0.460. The summed E-state index contributed by atoms with van der Waals surface area (Å²) < 4.78 is 5.31. The Hall–Kier alpha value is -0.890. The summed E-state index contributed by atoms with van der Waals surface area (Å²) in [7, 11) is 0. The van der Waals surface area contributed by atoms with Gasteiger partial charge in [0.25, 0.3) is 0 Å². The van der Waals surface area contributed by atoms with E-state index in [0.29, 0.717) is 19.7 Å². The average Bonchev–Trinajstić information content (AvgIpc) is 2.52. The molecule has 0 atom stereocenters. The summed E-state index contributed by atoms with van der Waals surface area (Å²) in [5.74, 6) is 0. The Morgan fingerprint density at radius 3 is 2.68 bits per heavy atom. The number of nitrogens with zero attached hydrogens (tertiary/aromatic N) is 2. The highest BCUT2D eigenvalue weighted by Gasteiger charge is 2.18. The Morgan fingerprint density at radius 1 is 1.32 bits per heavy atom. The van der Waals surface area contributed by atoms with E-state index in [1.807, 2.05) is 13.8 Å². The maximum atomic E-state index is 12.1. The number of hydroxylamine groups is 2. The van der Waals surface area contributed by atoms with Crippen LogP contribution in [0.25, 0.3) is 0 Å². The molecule has 7 nitrogen and oxygen atoms in total. The van der Waals surface area contributed by atoms with Crippen molar-refractivity contribution in [2.75, 3.05) is 52.5 Å². The molecule has 1 aliphatic heterocycles. The van der Waals surface area contributed by atoms with Gasteiger partial charge in [0.05, 0.1) is 25.9 Å². The van der Waals surface area contributed by atoms with Crippen LogP contribution in [0.3, 0.4) is 0 Å². The van der Waals surface area contributed by atoms with E-state index in [9.17, 15) is 4.79 Å². The minimum Gasteiger partial charge on any atom is -0.379 e. The van der Waals surface area contributed by atoms with Crippen LogP contribution >= 0.6 is 0 Å². The molecule has 0 radical (unpaired) electrons. The summed E-state index contributed by atoms with van der Waals surface area (Å²) in [6.45, 7) is 10.00. The molecule has 22 heavy (non-hydrogen) atoms. The van der Waals surface area contributed by atoms with Gasteiger partial charge in [-0.1, -0.05) is 6.42 Å². The van der Waals surface area contributed by atoms with Crippen molar-refractivity contribution in [3.63, 3.8) is 0 Å². The Balaban J connectivity index is 2.20. The number of unbranched alkanes of at least 4 members (excludes halogenated alkanes) is 2. The van der Waals surface area contributed by atoms with Crippen molar-refractivity contribution in [2.24, 2.45) is 5.73 Å². The normalized spacial score (nSPS) is 16.0. The number of carbonyl (C=O) groups excluding carboxylic acids is 1. The predicted molar refractivity (Wildman–Crippen MR) is 86.5 cm³/mol. The third-order valence-electron chi connectivity index (χ3n) is 3.57. The molecular formula is C15H32N4O3. The fourth-order valence-corrected chi connectivity index (χ4v) is 2.25. The van der Waals surface area contributed by atoms with Crippen molar-refractivity contribution in [1.29, 1.82) is 0 Å². The zero-order valence-corrected chi connectivity index (χ0v) is 14.1. The molecule has 0 aliphatic carbocycles. The van der Waals surface area contributed by atoms with Gasteiger partial charge < -0.3 is 15.8 Å². The third-order valence-corrected chi connectivity index (χ3v) is 3.57. The molecule has 130 valence electrons. The summed E-state index contributed by atoms with van der Waals surface area (Å²) in [4.78, 5) is 20.1. The number of ether oxygens (including phenoxy) is 1. The van der Waals surface area contributed by atoms with Crippen LogP contribution in [-0.4, -0.2) is 74.6 Å². The second kappa shape index (κ2) is 11.6. The van der Waals surface area contributed by atoms with E-state index in [-0.39, 0.29) is 12.1 Å². The lowest BCUT2D eigenvalue weighted by atomic mass is 10.2. The number of rotatable bonds is 10. The van der Waals surface area contributed by atoms with Crippen LogP contribution in [0, 0.1) is 0 Å². The molecule has 0 aromatic rings. The second-order valence-electron chi connectivity index (χ2n) is 5.79. The van der Waals surface area contributed by atoms with Crippen LogP contribution in [-0.2, 0) is 9.57 Å². The van der Waals surface area contributed by atoms with E-state index < -0.39 is 0 Å². The molecule has 0 spiro atoms. The van der Waals surface area contributed by atoms with Gasteiger partial charge in [0.15, 0.2) is 0 Å². The number of nitrogens with two attached hydrogens (primary N) is 1. The topological polar surface area (TPSA) is 80.1 Å². The minimum atomic E-state index is -0.162. The molecule has 1 aliphatic rings. The van der Waals surface area contributed by atoms with Crippen LogP contribution in [0.5, 0.6) is 0 Å². The first-order valence-corrected chi connectivity index (χ1v) is 8.35. The summed E-state index contributed by atoms with van der Waals surface area (Å²) in [5, 5.41) is 4.33. The Kier molecular flexibility index (Phi) is 10.1. The lowest BCUT2D eigenvalue weighted by molar-refractivity contribution is -0.142. The van der Waals surface area contributed by atoms with E-state index in [0.717, 1.165) is 52.1 Å². The molecule has 1 heterocycles. The van der Waals surface area contributed by atoms with Crippen LogP contribution in [0.1, 0.15) is 33.1 Å². The van der Waals surface area contributed by atoms with E-state index >= 15 is 0 Å². The molecule has 1 rings (SSSR count). The van der Waals surface area contributed by atoms with Crippen LogP contribution in [0.4, 0.5) is 4.79 Å². The lowest BCUT2D eigenvalue weighted by Gasteiger charge is -2.29. The standard InChI is InChI=1S/C15H32N4O3/c1-14(2)19(15(20)17-7-5-3-4-6-16)22-13-10-18-8-11-21-12-9-18/h14H,3-13,16H2,1-2H3,(H,17,20). The van der Waals surface area contributed by atoms with Gasteiger partial charge in [-0.05, 0) is 33.2 Å². The zero-order chi connectivity index (χ0) is 16.2. The summed E-state index contributed by atoms with van der Waals surface area (Å²) in [6.07, 6.45) is 2.98. The van der Waals surface area contributed by atoms with Gasteiger partial charge >= 0.3 is 6.03 Å². The molecule has 0 unspecified atom stereocenters. The molecule has 0 bridgehead atoms. The molecule has 1 saturated heterocycles. The molecule has 1 fully saturated rings. The second-order valence-corrected chi connectivity index (χ2v) is 5.79. The molecule has 2 amide bonds. The number of nitrogens with one attached hydrogen (secondary N) is 1. The van der Waals surface area contributed by atoms with E-state index in [4.69, 9.17) is 15.3 Å². The Labute approximate surface area is 134 Å². The summed E-state index contributed by atoms with van der Waals surface area (Å²) in [5.41, 5.74) is 5.45. The van der Waals surface area contributed by atoms with Crippen LogP contribution in [0.15, 0.2) is 0 Å². The highest BCUT2D eigenvalue weighted by Crippen LogP contribution is 2.03. The predicted octanol–water partition coefficient (Wildman–Crippen LogP) is 0.799. The van der Waals surface area contributed by atoms with Crippen LogP contribution < -0.4 is 11.1 Å². The van der Waals surface area contributed by atoms with E-state index in [2.05, 4.69) is 10.2 Å². The fraction of sp³-hybridized carbons (Fsp3) is 0.933. The zero-order valence-electron chi connectivity index (χ0n) is 14.1. The first-order valence-electron chi connectivity index (χ1n) is 8.35.